The number of methoxy groups -OCH3 is 1. The fraction of sp³-hybridized carbons (Fsp3) is 0.406. The summed E-state index contributed by atoms with van der Waals surface area (Å²) >= 11 is 0. The molecule has 3 aromatic carbocycles. The number of amides is 1. The molecule has 2 aliphatic rings. The van der Waals surface area contributed by atoms with Crippen molar-refractivity contribution >= 4 is 22.4 Å². The maximum Gasteiger partial charge on any atom is 0.259 e. The van der Waals surface area contributed by atoms with Crippen LogP contribution < -0.4 is 4.90 Å². The minimum absolute atomic E-state index is 0.0344. The Labute approximate surface area is 256 Å². The van der Waals surface area contributed by atoms with Crippen LogP contribution in [-0.4, -0.2) is 86.5 Å². The third-order valence-electron chi connectivity index (χ3n) is 8.75. The summed E-state index contributed by atoms with van der Waals surface area (Å²) in [5.74, 6) is -5.01. The molecule has 1 aromatic heterocycles. The van der Waals surface area contributed by atoms with E-state index in [1.165, 1.54) is 22.9 Å². The summed E-state index contributed by atoms with van der Waals surface area (Å²) in [5.41, 5.74) is 0.399. The first-order valence-corrected chi connectivity index (χ1v) is 14.8. The Hall–Kier alpha value is -3.88. The molecule has 3 N–H and O–H groups in total. The number of hydrogen-bond acceptors (Lipinski definition) is 8. The lowest BCUT2D eigenvalue weighted by molar-refractivity contribution is -0.211. The molecule has 1 aliphatic heterocycles. The van der Waals surface area contributed by atoms with Gasteiger partial charge in [-0.3, -0.25) is 4.79 Å². The molecule has 45 heavy (non-hydrogen) atoms. The predicted molar refractivity (Wildman–Crippen MR) is 157 cm³/mol. The normalized spacial score (nSPS) is 27.0. The van der Waals surface area contributed by atoms with Gasteiger partial charge in [0, 0.05) is 18.4 Å². The van der Waals surface area contributed by atoms with Crippen LogP contribution in [0.4, 0.5) is 18.9 Å². The number of aliphatic hydroxyl groups excluding tert-OH is 3. The predicted octanol–water partition coefficient (Wildman–Crippen LogP) is 3.53. The lowest BCUT2D eigenvalue weighted by Crippen LogP contribution is -2.63. The van der Waals surface area contributed by atoms with Gasteiger partial charge in [-0.25, -0.2) is 17.9 Å². The number of rotatable bonds is 7. The number of hydrogen-bond donors (Lipinski definition) is 3. The van der Waals surface area contributed by atoms with Crippen molar-refractivity contribution in [2.45, 2.75) is 68.3 Å². The third kappa shape index (κ3) is 5.82. The van der Waals surface area contributed by atoms with E-state index in [4.69, 9.17) is 9.47 Å². The van der Waals surface area contributed by atoms with Gasteiger partial charge >= 0.3 is 0 Å². The fourth-order valence-corrected chi connectivity index (χ4v) is 6.46. The average Bonchev–Trinajstić information content (AvgIpc) is 3.54. The molecule has 0 spiro atoms. The Morgan fingerprint density at radius 2 is 1.76 bits per heavy atom. The highest BCUT2D eigenvalue weighted by Gasteiger charge is 2.52. The molecular weight excluding hydrogens is 593 g/mol. The van der Waals surface area contributed by atoms with E-state index < -0.39 is 72.6 Å². The van der Waals surface area contributed by atoms with Gasteiger partial charge in [0.05, 0.1) is 24.9 Å². The lowest BCUT2D eigenvalue weighted by atomic mass is 9.88. The summed E-state index contributed by atoms with van der Waals surface area (Å²) in [6.07, 6.45) is -2.13. The maximum absolute atomic E-state index is 14.6. The average molecular weight is 627 g/mol. The molecule has 1 amide bonds. The Morgan fingerprint density at radius 3 is 2.44 bits per heavy atom. The molecule has 1 aliphatic carbocycles. The van der Waals surface area contributed by atoms with Gasteiger partial charge in [-0.2, -0.15) is 0 Å². The van der Waals surface area contributed by atoms with Gasteiger partial charge in [0.25, 0.3) is 5.91 Å². The molecule has 10 nitrogen and oxygen atoms in total. The van der Waals surface area contributed by atoms with Gasteiger partial charge in [0.2, 0.25) is 0 Å². The first kappa shape index (κ1) is 31.1. The van der Waals surface area contributed by atoms with Crippen LogP contribution in [0, 0.1) is 17.5 Å². The Morgan fingerprint density at radius 1 is 1.04 bits per heavy atom. The highest BCUT2D eigenvalue weighted by Crippen LogP contribution is 2.37. The molecule has 6 rings (SSSR count). The van der Waals surface area contributed by atoms with Gasteiger partial charge in [0.1, 0.15) is 30.0 Å². The van der Waals surface area contributed by atoms with Gasteiger partial charge in [0.15, 0.2) is 23.6 Å². The van der Waals surface area contributed by atoms with Crippen LogP contribution in [0.3, 0.4) is 0 Å². The standard InChI is InChI=1S/C32H33F3N4O6/c1-44-30-28(38-15-23(36-37-38)19-13-21(33)27(35)22(34)14-19)29(42)26(16-40)45-31(30)32(43)39(24-8-4-5-9-25(24)41)20-11-10-17-6-2-3-7-18(17)12-20/h2-3,6-7,10-15,24-26,28-31,40-42H,4-5,8-9,16H2,1H3/t24-,25-,26+,28-,29-,30+,31+/m0/s1. The van der Waals surface area contributed by atoms with Crippen LogP contribution in [0.5, 0.6) is 0 Å². The zero-order valence-corrected chi connectivity index (χ0v) is 24.3. The van der Waals surface area contributed by atoms with Crippen LogP contribution in [0.15, 0.2) is 60.8 Å². The van der Waals surface area contributed by atoms with Gasteiger partial charge in [-0.05, 0) is 47.9 Å². The number of anilines is 1. The topological polar surface area (TPSA) is 130 Å². The van der Waals surface area contributed by atoms with Crippen molar-refractivity contribution in [1.29, 1.82) is 0 Å². The highest BCUT2D eigenvalue weighted by molar-refractivity contribution is 6.00. The second-order valence-electron chi connectivity index (χ2n) is 11.5. The monoisotopic (exact) mass is 626 g/mol. The summed E-state index contributed by atoms with van der Waals surface area (Å²) < 4.78 is 54.4. The molecule has 13 heteroatoms. The smallest absolute Gasteiger partial charge is 0.259 e. The van der Waals surface area contributed by atoms with Crippen LogP contribution in [0.25, 0.3) is 22.0 Å². The summed E-state index contributed by atoms with van der Waals surface area (Å²) in [4.78, 5) is 16.1. The van der Waals surface area contributed by atoms with E-state index in [1.807, 2.05) is 36.4 Å². The zero-order chi connectivity index (χ0) is 31.8. The summed E-state index contributed by atoms with van der Waals surface area (Å²) in [5, 5.41) is 42.3. The molecule has 2 heterocycles. The van der Waals surface area contributed by atoms with E-state index in [2.05, 4.69) is 10.3 Å². The van der Waals surface area contributed by atoms with Crippen molar-refractivity contribution in [2.75, 3.05) is 18.6 Å². The molecule has 1 saturated heterocycles. The van der Waals surface area contributed by atoms with Gasteiger partial charge < -0.3 is 29.7 Å². The van der Waals surface area contributed by atoms with Crippen molar-refractivity contribution in [3.8, 4) is 11.3 Å². The van der Waals surface area contributed by atoms with Crippen LogP contribution >= 0.6 is 0 Å². The van der Waals surface area contributed by atoms with Crippen molar-refractivity contribution in [3.05, 3.63) is 78.2 Å². The van der Waals surface area contributed by atoms with E-state index in [-0.39, 0.29) is 11.3 Å². The highest BCUT2D eigenvalue weighted by atomic mass is 19.2. The summed E-state index contributed by atoms with van der Waals surface area (Å²) in [6.45, 7) is -0.657. The first-order valence-electron chi connectivity index (χ1n) is 14.8. The number of aromatic nitrogens is 3. The van der Waals surface area contributed by atoms with Gasteiger partial charge in [-0.1, -0.05) is 48.4 Å². The molecule has 4 aromatic rings. The van der Waals surface area contributed by atoms with Crippen molar-refractivity contribution in [1.82, 2.24) is 15.0 Å². The van der Waals surface area contributed by atoms with Crippen LogP contribution in [0.1, 0.15) is 31.7 Å². The number of ether oxygens (including phenoxy) is 2. The second-order valence-corrected chi connectivity index (χ2v) is 11.5. The molecule has 2 fully saturated rings. The Bertz CT molecular complexity index is 1660. The molecular formula is C32H33F3N4O6. The molecule has 1 saturated carbocycles. The SMILES string of the molecule is CO[C@@H]1[C@@H](n2cc(-c3cc(F)c(F)c(F)c3)nn2)[C@@H](O)[C@@H](CO)O[C@H]1C(=O)N(c1ccc2ccccc2c1)[C@H]1CCCC[C@@H]1O. The molecule has 7 atom stereocenters. The number of aliphatic hydroxyl groups is 3. The lowest BCUT2D eigenvalue weighted by Gasteiger charge is -2.46. The van der Waals surface area contributed by atoms with E-state index in [0.717, 1.165) is 35.7 Å². The number of benzene rings is 3. The molecule has 0 unspecified atom stereocenters. The fourth-order valence-electron chi connectivity index (χ4n) is 6.46. The minimum Gasteiger partial charge on any atom is -0.394 e. The van der Waals surface area contributed by atoms with Gasteiger partial charge in [-0.15, -0.1) is 5.10 Å². The van der Waals surface area contributed by atoms with E-state index in [0.29, 0.717) is 18.5 Å². The summed E-state index contributed by atoms with van der Waals surface area (Å²) in [6, 6.07) is 13.0. The number of carbonyl (C=O) groups excluding carboxylic acids is 1. The third-order valence-corrected chi connectivity index (χ3v) is 8.75. The number of fused-ring (bicyclic) bond motifs is 1. The van der Waals surface area contributed by atoms with Crippen molar-refractivity contribution in [2.24, 2.45) is 0 Å². The van der Waals surface area contributed by atoms with Crippen molar-refractivity contribution in [3.63, 3.8) is 0 Å². The minimum atomic E-state index is -1.63. The first-order chi connectivity index (χ1) is 21.7. The second kappa shape index (κ2) is 12.9. The molecule has 238 valence electrons. The quantitative estimate of drug-likeness (QED) is 0.266. The zero-order valence-electron chi connectivity index (χ0n) is 24.3. The number of nitrogens with zero attached hydrogens (tertiary/aromatic N) is 4. The van der Waals surface area contributed by atoms with E-state index in [9.17, 15) is 33.3 Å². The van der Waals surface area contributed by atoms with E-state index >= 15 is 0 Å². The molecule has 0 radical (unpaired) electrons. The number of halogens is 3. The Kier molecular flexibility index (Phi) is 8.89. The van der Waals surface area contributed by atoms with Crippen LogP contribution in [-0.2, 0) is 14.3 Å². The summed E-state index contributed by atoms with van der Waals surface area (Å²) in [7, 11) is 1.33. The van der Waals surface area contributed by atoms with E-state index in [1.54, 1.807) is 6.07 Å². The Balaban J connectivity index is 1.39. The van der Waals surface area contributed by atoms with Crippen LogP contribution in [0.2, 0.25) is 0 Å². The maximum atomic E-state index is 14.6. The largest absolute Gasteiger partial charge is 0.394 e. The number of carbonyl (C=O) groups is 1. The van der Waals surface area contributed by atoms with Crippen molar-refractivity contribution < 1.29 is 42.8 Å². The molecule has 0 bridgehead atoms.